The van der Waals surface area contributed by atoms with Crippen LogP contribution in [-0.2, 0) is 9.59 Å². The smallest absolute Gasteiger partial charge is 0.227 e. The van der Waals surface area contributed by atoms with Crippen LogP contribution in [0.4, 0.5) is 5.69 Å². The number of hydrogen-bond acceptors (Lipinski definition) is 4. The molecule has 1 aliphatic heterocycles. The van der Waals surface area contributed by atoms with Crippen LogP contribution >= 0.6 is 0 Å². The van der Waals surface area contributed by atoms with Crippen LogP contribution in [0.2, 0.25) is 0 Å². The Morgan fingerprint density at radius 1 is 1.50 bits per heavy atom. The van der Waals surface area contributed by atoms with Crippen LogP contribution in [0.1, 0.15) is 12.0 Å². The van der Waals surface area contributed by atoms with Gasteiger partial charge in [-0.2, -0.15) is 0 Å². The van der Waals surface area contributed by atoms with Crippen molar-refractivity contribution in [1.82, 2.24) is 0 Å². The second-order valence-corrected chi connectivity index (χ2v) is 4.40. The predicted molar refractivity (Wildman–Crippen MR) is 63.2 cm³/mol. The molecule has 1 aliphatic rings. The molecule has 0 saturated carbocycles. The van der Waals surface area contributed by atoms with E-state index in [1.54, 1.807) is 6.07 Å². The number of carbonyl (C=O) groups is 2. The van der Waals surface area contributed by atoms with Gasteiger partial charge in [-0.15, -0.1) is 0 Å². The highest BCUT2D eigenvalue weighted by atomic mass is 16.5. The number of amides is 1. The number of carbonyl (C=O) groups excluding carboxylic acids is 2. The van der Waals surface area contributed by atoms with E-state index in [4.69, 9.17) is 4.74 Å². The summed E-state index contributed by atoms with van der Waals surface area (Å²) in [6, 6.07) is 5.46. The number of anilines is 1. The standard InChI is InChI=1S/C13H15NO4/c1-8-3-4-11(18-2)10(5-8)14-7-9(13(16)17)6-12(14)15/h3-5,9H,6-7H2,1-2H3,(H,16,17)/p-1/t9-/m0/s1. The lowest BCUT2D eigenvalue weighted by Gasteiger charge is -2.20. The molecule has 0 spiro atoms. The normalized spacial score (nSPS) is 19.1. The highest BCUT2D eigenvalue weighted by Crippen LogP contribution is 2.33. The van der Waals surface area contributed by atoms with Crippen LogP contribution in [-0.4, -0.2) is 25.5 Å². The van der Waals surface area contributed by atoms with Crippen molar-refractivity contribution in [2.75, 3.05) is 18.6 Å². The van der Waals surface area contributed by atoms with Crippen molar-refractivity contribution < 1.29 is 19.4 Å². The molecule has 1 saturated heterocycles. The highest BCUT2D eigenvalue weighted by molar-refractivity contribution is 6.00. The Labute approximate surface area is 105 Å². The number of carboxylic acid groups (broad SMARTS) is 1. The number of aliphatic carboxylic acids is 1. The highest BCUT2D eigenvalue weighted by Gasteiger charge is 2.32. The van der Waals surface area contributed by atoms with Gasteiger partial charge < -0.3 is 19.5 Å². The minimum absolute atomic E-state index is 0.0145. The van der Waals surface area contributed by atoms with Gasteiger partial charge in [0.15, 0.2) is 0 Å². The summed E-state index contributed by atoms with van der Waals surface area (Å²) in [6.07, 6.45) is -0.0145. The molecule has 1 heterocycles. The van der Waals surface area contributed by atoms with Crippen LogP contribution in [0.3, 0.4) is 0 Å². The lowest BCUT2D eigenvalue weighted by molar-refractivity contribution is -0.310. The van der Waals surface area contributed by atoms with Crippen molar-refractivity contribution >= 4 is 17.6 Å². The number of benzene rings is 1. The van der Waals surface area contributed by atoms with E-state index in [2.05, 4.69) is 0 Å². The number of carboxylic acids is 1. The molecule has 5 heteroatoms. The lowest BCUT2D eigenvalue weighted by atomic mass is 10.1. The van der Waals surface area contributed by atoms with E-state index in [0.717, 1.165) is 5.56 Å². The third-order valence-corrected chi connectivity index (χ3v) is 3.08. The van der Waals surface area contributed by atoms with Gasteiger partial charge in [0.25, 0.3) is 0 Å². The zero-order valence-electron chi connectivity index (χ0n) is 10.3. The first-order valence-electron chi connectivity index (χ1n) is 5.68. The van der Waals surface area contributed by atoms with Crippen molar-refractivity contribution in [2.45, 2.75) is 13.3 Å². The topological polar surface area (TPSA) is 69.7 Å². The van der Waals surface area contributed by atoms with Gasteiger partial charge >= 0.3 is 0 Å². The molecule has 0 aliphatic carbocycles. The molecule has 18 heavy (non-hydrogen) atoms. The monoisotopic (exact) mass is 248 g/mol. The fourth-order valence-electron chi connectivity index (χ4n) is 2.11. The predicted octanol–water partition coefficient (Wildman–Crippen LogP) is 0.106. The number of aryl methyl sites for hydroxylation is 1. The second kappa shape index (κ2) is 4.68. The average molecular weight is 248 g/mol. The first kappa shape index (κ1) is 12.4. The quantitative estimate of drug-likeness (QED) is 0.761. The first-order chi connectivity index (χ1) is 8.52. The summed E-state index contributed by atoms with van der Waals surface area (Å²) in [5.41, 5.74) is 1.60. The summed E-state index contributed by atoms with van der Waals surface area (Å²) in [4.78, 5) is 24.1. The Morgan fingerprint density at radius 2 is 2.22 bits per heavy atom. The van der Waals surface area contributed by atoms with Gasteiger partial charge in [-0.3, -0.25) is 4.79 Å². The molecule has 0 unspecified atom stereocenters. The Balaban J connectivity index is 2.34. The van der Waals surface area contributed by atoms with E-state index in [1.165, 1.54) is 12.0 Å². The summed E-state index contributed by atoms with van der Waals surface area (Å²) < 4.78 is 5.20. The molecular weight excluding hydrogens is 234 g/mol. The molecule has 1 aromatic rings. The van der Waals surface area contributed by atoms with Crippen LogP contribution in [0, 0.1) is 12.8 Å². The number of methoxy groups -OCH3 is 1. The van der Waals surface area contributed by atoms with Crippen LogP contribution < -0.4 is 14.7 Å². The summed E-state index contributed by atoms with van der Waals surface area (Å²) >= 11 is 0. The first-order valence-corrected chi connectivity index (χ1v) is 5.68. The van der Waals surface area contributed by atoms with Crippen molar-refractivity contribution in [1.29, 1.82) is 0 Å². The van der Waals surface area contributed by atoms with Gasteiger partial charge in [0.05, 0.1) is 12.8 Å². The summed E-state index contributed by atoms with van der Waals surface area (Å²) in [5.74, 6) is -1.58. The minimum atomic E-state index is -1.18. The fraction of sp³-hybridized carbons (Fsp3) is 0.385. The molecule has 0 radical (unpaired) electrons. The van der Waals surface area contributed by atoms with Gasteiger partial charge in [0.1, 0.15) is 5.75 Å². The van der Waals surface area contributed by atoms with Gasteiger partial charge in [0, 0.05) is 24.9 Å². The molecular formula is C13H14NO4-. The van der Waals surface area contributed by atoms with Crippen molar-refractivity contribution in [3.8, 4) is 5.75 Å². The van der Waals surface area contributed by atoms with Crippen molar-refractivity contribution in [3.63, 3.8) is 0 Å². The molecule has 2 rings (SSSR count). The Kier molecular flexibility index (Phi) is 3.23. The van der Waals surface area contributed by atoms with Gasteiger partial charge in [-0.05, 0) is 24.6 Å². The maximum absolute atomic E-state index is 11.8. The van der Waals surface area contributed by atoms with Gasteiger partial charge in [-0.25, -0.2) is 0 Å². The molecule has 1 amide bonds. The van der Waals surface area contributed by atoms with E-state index >= 15 is 0 Å². The molecule has 0 bridgehead atoms. The van der Waals surface area contributed by atoms with Gasteiger partial charge in [0.2, 0.25) is 5.91 Å². The maximum Gasteiger partial charge on any atom is 0.227 e. The molecule has 0 aromatic heterocycles. The van der Waals surface area contributed by atoms with E-state index in [9.17, 15) is 14.7 Å². The van der Waals surface area contributed by atoms with Gasteiger partial charge in [-0.1, -0.05) is 6.07 Å². The van der Waals surface area contributed by atoms with E-state index in [0.29, 0.717) is 11.4 Å². The molecule has 1 fully saturated rings. The SMILES string of the molecule is COc1ccc(C)cc1N1C[C@@H](C(=O)[O-])CC1=O. The van der Waals surface area contributed by atoms with Crippen molar-refractivity contribution in [2.24, 2.45) is 5.92 Å². The largest absolute Gasteiger partial charge is 0.550 e. The van der Waals surface area contributed by atoms with Crippen LogP contribution in [0.25, 0.3) is 0 Å². The molecule has 1 atom stereocenters. The zero-order chi connectivity index (χ0) is 13.3. The number of rotatable bonds is 3. The Hall–Kier alpha value is -2.04. The summed E-state index contributed by atoms with van der Waals surface area (Å²) in [5, 5.41) is 10.8. The molecule has 1 aromatic carbocycles. The fourth-order valence-corrected chi connectivity index (χ4v) is 2.11. The average Bonchev–Trinajstić information content (AvgIpc) is 2.71. The van der Waals surface area contributed by atoms with Crippen LogP contribution in [0.15, 0.2) is 18.2 Å². The Bertz CT molecular complexity index is 498. The lowest BCUT2D eigenvalue weighted by Crippen LogP contribution is -2.33. The maximum atomic E-state index is 11.8. The second-order valence-electron chi connectivity index (χ2n) is 4.40. The number of nitrogens with zero attached hydrogens (tertiary/aromatic N) is 1. The Morgan fingerprint density at radius 3 is 2.78 bits per heavy atom. The third kappa shape index (κ3) is 2.16. The number of ether oxygens (including phenoxy) is 1. The van der Waals surface area contributed by atoms with Crippen molar-refractivity contribution in [3.05, 3.63) is 23.8 Å². The summed E-state index contributed by atoms with van der Waals surface area (Å²) in [6.45, 7) is 2.04. The molecule has 96 valence electrons. The number of hydrogen-bond donors (Lipinski definition) is 0. The van der Waals surface area contributed by atoms with Crippen LogP contribution in [0.5, 0.6) is 5.75 Å². The molecule has 0 N–H and O–H groups in total. The third-order valence-electron chi connectivity index (χ3n) is 3.08. The minimum Gasteiger partial charge on any atom is -0.550 e. The van der Waals surface area contributed by atoms with E-state index < -0.39 is 11.9 Å². The van der Waals surface area contributed by atoms with E-state index in [-0.39, 0.29) is 18.9 Å². The van der Waals surface area contributed by atoms with E-state index in [1.807, 2.05) is 19.1 Å². The molecule has 5 nitrogen and oxygen atoms in total. The summed E-state index contributed by atoms with van der Waals surface area (Å²) in [7, 11) is 1.52. The zero-order valence-corrected chi connectivity index (χ0v) is 10.3.